The number of hydrogen-bond acceptors (Lipinski definition) is 5. The van der Waals surface area contributed by atoms with Crippen molar-refractivity contribution in [3.63, 3.8) is 0 Å². The van der Waals surface area contributed by atoms with E-state index >= 15 is 0 Å². The van der Waals surface area contributed by atoms with Crippen molar-refractivity contribution in [1.82, 2.24) is 5.32 Å². The summed E-state index contributed by atoms with van der Waals surface area (Å²) >= 11 is 0. The van der Waals surface area contributed by atoms with Gasteiger partial charge in [-0.3, -0.25) is 9.59 Å². The Morgan fingerprint density at radius 1 is 1.21 bits per heavy atom. The smallest absolute Gasteiger partial charge is 0.287 e. The van der Waals surface area contributed by atoms with Gasteiger partial charge in [0.25, 0.3) is 5.91 Å². The molecule has 1 N–H and O–H groups in total. The van der Waals surface area contributed by atoms with Crippen molar-refractivity contribution < 1.29 is 23.5 Å². The summed E-state index contributed by atoms with van der Waals surface area (Å²) < 4.78 is 17.0. The summed E-state index contributed by atoms with van der Waals surface area (Å²) in [6.07, 6.45) is 1.97. The van der Waals surface area contributed by atoms with E-state index in [1.54, 1.807) is 14.0 Å². The summed E-state index contributed by atoms with van der Waals surface area (Å²) in [7, 11) is 1.60. The van der Waals surface area contributed by atoms with E-state index in [4.69, 9.17) is 13.9 Å². The maximum atomic E-state index is 12.8. The van der Waals surface area contributed by atoms with Crippen molar-refractivity contribution >= 4 is 11.7 Å². The Balaban J connectivity index is 1.75. The molecule has 0 spiro atoms. The number of amides is 1. The zero-order valence-electron chi connectivity index (χ0n) is 17.8. The Bertz CT molecular complexity index is 912. The van der Waals surface area contributed by atoms with Crippen LogP contribution in [0.3, 0.4) is 0 Å². The molecule has 6 nitrogen and oxygen atoms in total. The molecule has 29 heavy (non-hydrogen) atoms. The number of fused-ring (bicyclic) bond motifs is 1. The maximum absolute atomic E-state index is 12.8. The van der Waals surface area contributed by atoms with Gasteiger partial charge in [0.15, 0.2) is 23.0 Å². The van der Waals surface area contributed by atoms with Gasteiger partial charge in [0.2, 0.25) is 0 Å². The van der Waals surface area contributed by atoms with Gasteiger partial charge in [-0.1, -0.05) is 19.9 Å². The van der Waals surface area contributed by atoms with Crippen LogP contribution in [0.15, 0.2) is 22.6 Å². The average molecular weight is 399 g/mol. The molecule has 1 aliphatic rings. The molecule has 1 aromatic carbocycles. The summed E-state index contributed by atoms with van der Waals surface area (Å²) in [4.78, 5) is 25.0. The third-order valence-electron chi connectivity index (χ3n) is 5.12. The fraction of sp³-hybridized carbons (Fsp3) is 0.478. The zero-order valence-corrected chi connectivity index (χ0v) is 17.8. The van der Waals surface area contributed by atoms with Crippen LogP contribution in [0.2, 0.25) is 0 Å². The van der Waals surface area contributed by atoms with Crippen LogP contribution in [-0.4, -0.2) is 25.4 Å². The molecule has 2 aromatic rings. The van der Waals surface area contributed by atoms with Gasteiger partial charge in [-0.05, 0) is 43.9 Å². The van der Waals surface area contributed by atoms with Crippen LogP contribution in [0.25, 0.3) is 0 Å². The highest BCUT2D eigenvalue weighted by Crippen LogP contribution is 2.32. The molecule has 1 atom stereocenters. The molecule has 1 aromatic heterocycles. The van der Waals surface area contributed by atoms with E-state index in [-0.39, 0.29) is 23.5 Å². The number of methoxy groups -OCH3 is 1. The van der Waals surface area contributed by atoms with E-state index in [9.17, 15) is 9.59 Å². The van der Waals surface area contributed by atoms with Crippen LogP contribution in [0, 0.1) is 12.8 Å². The molecule has 0 saturated carbocycles. The van der Waals surface area contributed by atoms with Crippen molar-refractivity contribution in [3.05, 3.63) is 46.4 Å². The molecule has 0 aliphatic heterocycles. The number of benzene rings is 1. The van der Waals surface area contributed by atoms with Gasteiger partial charge in [0, 0.05) is 18.4 Å². The molecular formula is C23H29NO5. The van der Waals surface area contributed by atoms with Gasteiger partial charge >= 0.3 is 0 Å². The normalized spacial score (nSPS) is 14.5. The Morgan fingerprint density at radius 2 is 1.97 bits per heavy atom. The Kier molecular flexibility index (Phi) is 6.30. The molecule has 1 heterocycles. The summed E-state index contributed by atoms with van der Waals surface area (Å²) in [5.74, 6) is 2.30. The maximum Gasteiger partial charge on any atom is 0.287 e. The largest absolute Gasteiger partial charge is 0.493 e. The van der Waals surface area contributed by atoms with E-state index in [0.29, 0.717) is 53.8 Å². The number of carbonyl (C=O) groups excluding carboxylic acids is 2. The number of nitrogens with one attached hydrogen (secondary N) is 1. The minimum absolute atomic E-state index is 0.0568. The van der Waals surface area contributed by atoms with E-state index in [0.717, 1.165) is 12.0 Å². The highest BCUT2D eigenvalue weighted by atomic mass is 16.5. The molecule has 0 bridgehead atoms. The van der Waals surface area contributed by atoms with Crippen LogP contribution in [-0.2, 0) is 6.42 Å². The molecule has 1 amide bonds. The third-order valence-corrected chi connectivity index (χ3v) is 5.12. The van der Waals surface area contributed by atoms with Gasteiger partial charge < -0.3 is 19.2 Å². The monoisotopic (exact) mass is 399 g/mol. The van der Waals surface area contributed by atoms with Crippen molar-refractivity contribution in [2.75, 3.05) is 13.7 Å². The molecule has 3 rings (SSSR count). The molecule has 156 valence electrons. The Labute approximate surface area is 171 Å². The topological polar surface area (TPSA) is 77.8 Å². The van der Waals surface area contributed by atoms with E-state index in [1.807, 2.05) is 25.1 Å². The SMILES string of the molecule is COc1cc([C@@H](C)NC(=O)c2oc3c(c2C)C(=O)CCC3)ccc1OCC(C)C. The summed E-state index contributed by atoms with van der Waals surface area (Å²) in [5.41, 5.74) is 2.10. The van der Waals surface area contributed by atoms with Crippen LogP contribution in [0.4, 0.5) is 0 Å². The summed E-state index contributed by atoms with van der Waals surface area (Å²) in [6.45, 7) is 8.43. The number of furan rings is 1. The van der Waals surface area contributed by atoms with Crippen LogP contribution >= 0.6 is 0 Å². The fourth-order valence-corrected chi connectivity index (χ4v) is 3.54. The van der Waals surface area contributed by atoms with Crippen LogP contribution < -0.4 is 14.8 Å². The second-order valence-corrected chi connectivity index (χ2v) is 7.94. The molecule has 0 saturated heterocycles. The lowest BCUT2D eigenvalue weighted by Crippen LogP contribution is -2.27. The molecule has 0 radical (unpaired) electrons. The van der Waals surface area contributed by atoms with E-state index < -0.39 is 0 Å². The number of rotatable bonds is 7. The Morgan fingerprint density at radius 3 is 2.62 bits per heavy atom. The van der Waals surface area contributed by atoms with E-state index in [2.05, 4.69) is 19.2 Å². The predicted molar refractivity (Wildman–Crippen MR) is 110 cm³/mol. The molecule has 1 aliphatic carbocycles. The Hall–Kier alpha value is -2.76. The molecular weight excluding hydrogens is 370 g/mol. The number of ketones is 1. The number of ether oxygens (including phenoxy) is 2. The fourth-order valence-electron chi connectivity index (χ4n) is 3.54. The van der Waals surface area contributed by atoms with Crippen molar-refractivity contribution in [2.45, 2.75) is 53.0 Å². The summed E-state index contributed by atoms with van der Waals surface area (Å²) in [6, 6.07) is 5.36. The zero-order chi connectivity index (χ0) is 21.1. The first kappa shape index (κ1) is 21.0. The van der Waals surface area contributed by atoms with Crippen molar-refractivity contribution in [2.24, 2.45) is 5.92 Å². The number of carbonyl (C=O) groups is 2. The van der Waals surface area contributed by atoms with Crippen LogP contribution in [0.5, 0.6) is 11.5 Å². The van der Waals surface area contributed by atoms with Gasteiger partial charge in [0.05, 0.1) is 25.3 Å². The van der Waals surface area contributed by atoms with Gasteiger partial charge in [0.1, 0.15) is 5.76 Å². The number of hydrogen-bond donors (Lipinski definition) is 1. The van der Waals surface area contributed by atoms with Gasteiger partial charge in [-0.15, -0.1) is 0 Å². The predicted octanol–water partition coefficient (Wildman–Crippen LogP) is 4.64. The first-order valence-electron chi connectivity index (χ1n) is 10.1. The highest BCUT2D eigenvalue weighted by Gasteiger charge is 2.29. The lowest BCUT2D eigenvalue weighted by Gasteiger charge is -2.17. The number of Topliss-reactive ketones (excluding diaryl/α,β-unsaturated/α-hetero) is 1. The second-order valence-electron chi connectivity index (χ2n) is 7.94. The minimum atomic E-state index is -0.323. The van der Waals surface area contributed by atoms with Crippen molar-refractivity contribution in [3.8, 4) is 11.5 Å². The van der Waals surface area contributed by atoms with Crippen molar-refractivity contribution in [1.29, 1.82) is 0 Å². The van der Waals surface area contributed by atoms with Crippen LogP contribution in [0.1, 0.15) is 77.5 Å². The lowest BCUT2D eigenvalue weighted by atomic mass is 9.94. The first-order chi connectivity index (χ1) is 13.8. The first-order valence-corrected chi connectivity index (χ1v) is 10.1. The van der Waals surface area contributed by atoms with Gasteiger partial charge in [-0.2, -0.15) is 0 Å². The lowest BCUT2D eigenvalue weighted by molar-refractivity contribution is 0.0906. The molecule has 0 fully saturated rings. The third kappa shape index (κ3) is 4.47. The van der Waals surface area contributed by atoms with E-state index in [1.165, 1.54) is 0 Å². The molecule has 6 heteroatoms. The quantitative estimate of drug-likeness (QED) is 0.734. The summed E-state index contributed by atoms with van der Waals surface area (Å²) in [5, 5.41) is 2.96. The standard InChI is InChI=1S/C23H29NO5/c1-13(2)12-28-18-10-9-16(11-20(18)27-5)15(4)24-23(26)22-14(3)21-17(25)7-6-8-19(21)29-22/h9-11,13,15H,6-8,12H2,1-5H3,(H,24,26)/t15-/m1/s1. The highest BCUT2D eigenvalue weighted by molar-refractivity contribution is 6.03. The van der Waals surface area contributed by atoms with Gasteiger partial charge in [-0.25, -0.2) is 0 Å². The second kappa shape index (κ2) is 8.72. The minimum Gasteiger partial charge on any atom is -0.493 e. The number of aryl methyl sites for hydroxylation is 1. The molecule has 0 unspecified atom stereocenters. The average Bonchev–Trinajstić information content (AvgIpc) is 3.04.